The first-order valence-corrected chi connectivity index (χ1v) is 14.6. The Balaban J connectivity index is 1.53. The SMILES string of the molecule is COC1=CCC2=C(CCC3[C@@H]2CC[C@]2(C)[C@@H](O[Si](C)(C)C(C)(C)C)CC[C@@H]32)C1. The van der Waals surface area contributed by atoms with Crippen LogP contribution in [0.25, 0.3) is 0 Å². The van der Waals surface area contributed by atoms with Crippen LogP contribution in [-0.4, -0.2) is 21.5 Å². The third kappa shape index (κ3) is 3.25. The Labute approximate surface area is 174 Å². The van der Waals surface area contributed by atoms with Crippen LogP contribution in [0.1, 0.15) is 79.1 Å². The highest BCUT2D eigenvalue weighted by atomic mass is 28.4. The zero-order chi connectivity index (χ0) is 20.3. The summed E-state index contributed by atoms with van der Waals surface area (Å²) in [6, 6.07) is 0. The second kappa shape index (κ2) is 7.01. The van der Waals surface area contributed by atoms with E-state index in [2.05, 4.69) is 46.9 Å². The number of rotatable bonds is 3. The molecule has 0 heterocycles. The van der Waals surface area contributed by atoms with Crippen molar-refractivity contribution in [1.82, 2.24) is 0 Å². The molecule has 4 rings (SSSR count). The fraction of sp³-hybridized carbons (Fsp3) is 0.840. The highest BCUT2D eigenvalue weighted by Gasteiger charge is 2.57. The minimum absolute atomic E-state index is 0.302. The largest absolute Gasteiger partial charge is 0.501 e. The predicted molar refractivity (Wildman–Crippen MR) is 120 cm³/mol. The zero-order valence-corrected chi connectivity index (χ0v) is 20.4. The molecule has 3 heteroatoms. The third-order valence-corrected chi connectivity index (χ3v) is 14.0. The lowest BCUT2D eigenvalue weighted by Crippen LogP contribution is -2.51. The van der Waals surface area contributed by atoms with Gasteiger partial charge in [0.25, 0.3) is 0 Å². The number of allylic oxidation sites excluding steroid dienone is 3. The fourth-order valence-electron chi connectivity index (χ4n) is 6.72. The molecule has 5 atom stereocenters. The quantitative estimate of drug-likeness (QED) is 0.366. The summed E-state index contributed by atoms with van der Waals surface area (Å²) >= 11 is 0. The van der Waals surface area contributed by atoms with Gasteiger partial charge >= 0.3 is 0 Å². The number of ether oxygens (including phenoxy) is 1. The van der Waals surface area contributed by atoms with Gasteiger partial charge in [-0.15, -0.1) is 0 Å². The molecule has 28 heavy (non-hydrogen) atoms. The van der Waals surface area contributed by atoms with Gasteiger partial charge in [-0.25, -0.2) is 0 Å². The van der Waals surface area contributed by atoms with Gasteiger partial charge in [-0.05, 0) is 92.3 Å². The number of hydrogen-bond donors (Lipinski definition) is 0. The molecule has 0 spiro atoms. The van der Waals surface area contributed by atoms with E-state index < -0.39 is 8.32 Å². The number of methoxy groups -OCH3 is 1. The van der Waals surface area contributed by atoms with Crippen LogP contribution in [-0.2, 0) is 9.16 Å². The van der Waals surface area contributed by atoms with Crippen LogP contribution in [0.5, 0.6) is 0 Å². The van der Waals surface area contributed by atoms with Gasteiger partial charge in [-0.1, -0.05) is 38.8 Å². The first-order chi connectivity index (χ1) is 13.1. The molecule has 0 aromatic heterocycles. The second-order valence-corrected chi connectivity index (χ2v) is 16.5. The van der Waals surface area contributed by atoms with E-state index in [9.17, 15) is 0 Å². The van der Waals surface area contributed by atoms with Crippen molar-refractivity contribution in [3.63, 3.8) is 0 Å². The second-order valence-electron chi connectivity index (χ2n) is 11.8. The van der Waals surface area contributed by atoms with Gasteiger partial charge in [0.15, 0.2) is 8.32 Å². The Bertz CT molecular complexity index is 683. The van der Waals surface area contributed by atoms with Crippen molar-refractivity contribution in [3.05, 3.63) is 23.0 Å². The Hall–Kier alpha value is -0.543. The minimum Gasteiger partial charge on any atom is -0.501 e. The van der Waals surface area contributed by atoms with E-state index in [1.165, 1.54) is 44.3 Å². The van der Waals surface area contributed by atoms with Crippen LogP contribution in [0, 0.1) is 23.2 Å². The molecule has 1 unspecified atom stereocenters. The van der Waals surface area contributed by atoms with Crippen LogP contribution < -0.4 is 0 Å². The van der Waals surface area contributed by atoms with Crippen LogP contribution >= 0.6 is 0 Å². The molecule has 0 aromatic rings. The molecule has 0 N–H and O–H groups in total. The molecule has 2 nitrogen and oxygen atoms in total. The van der Waals surface area contributed by atoms with Gasteiger partial charge in [-0.2, -0.15) is 0 Å². The average molecular weight is 403 g/mol. The molecule has 0 radical (unpaired) electrons. The van der Waals surface area contributed by atoms with Crippen LogP contribution in [0.15, 0.2) is 23.0 Å². The van der Waals surface area contributed by atoms with Gasteiger partial charge in [0, 0.05) is 6.42 Å². The maximum Gasteiger partial charge on any atom is 0.192 e. The standard InChI is InChI=1S/C25H42O2Si/c1-24(2,3)28(6,7)27-23-13-12-22-21-10-8-17-16-18(26-5)9-11-19(17)20(21)14-15-25(22,23)4/h9,20-23H,8,10-16H2,1-7H3/t20-,21?,22+,23+,25+/m1/s1. The van der Waals surface area contributed by atoms with Crippen molar-refractivity contribution in [2.45, 2.75) is 103 Å². The maximum absolute atomic E-state index is 7.05. The molecule has 0 bridgehead atoms. The lowest BCUT2D eigenvalue weighted by Gasteiger charge is -2.53. The summed E-state index contributed by atoms with van der Waals surface area (Å²) in [6.45, 7) is 14.6. The maximum atomic E-state index is 7.05. The lowest BCUT2D eigenvalue weighted by molar-refractivity contribution is -0.0255. The van der Waals surface area contributed by atoms with Crippen LogP contribution in [0.3, 0.4) is 0 Å². The molecule has 4 aliphatic carbocycles. The summed E-state index contributed by atoms with van der Waals surface area (Å²) in [5.41, 5.74) is 3.92. The van der Waals surface area contributed by atoms with Crippen LogP contribution in [0.4, 0.5) is 0 Å². The molecule has 0 aliphatic heterocycles. The summed E-state index contributed by atoms with van der Waals surface area (Å²) in [4.78, 5) is 0. The van der Waals surface area contributed by atoms with Crippen molar-refractivity contribution in [2.24, 2.45) is 23.2 Å². The monoisotopic (exact) mass is 402 g/mol. The predicted octanol–water partition coefficient (Wildman–Crippen LogP) is 7.23. The van der Waals surface area contributed by atoms with Crippen molar-refractivity contribution < 1.29 is 9.16 Å². The first kappa shape index (κ1) is 20.7. The number of hydrogen-bond acceptors (Lipinski definition) is 2. The fourth-order valence-corrected chi connectivity index (χ4v) is 8.18. The molecule has 0 saturated heterocycles. The van der Waals surface area contributed by atoms with E-state index in [0.29, 0.717) is 16.6 Å². The van der Waals surface area contributed by atoms with Crippen molar-refractivity contribution in [2.75, 3.05) is 7.11 Å². The Morgan fingerprint density at radius 3 is 2.54 bits per heavy atom. The van der Waals surface area contributed by atoms with E-state index in [1.807, 2.05) is 7.11 Å². The lowest BCUT2D eigenvalue weighted by atomic mass is 9.54. The molecule has 2 fully saturated rings. The van der Waals surface area contributed by atoms with Gasteiger partial charge in [0.1, 0.15) is 0 Å². The smallest absolute Gasteiger partial charge is 0.192 e. The molecule has 4 aliphatic rings. The highest BCUT2D eigenvalue weighted by Crippen LogP contribution is 2.62. The average Bonchev–Trinajstić information content (AvgIpc) is 2.96. The third-order valence-electron chi connectivity index (χ3n) is 9.47. The summed E-state index contributed by atoms with van der Waals surface area (Å²) in [7, 11) is 0.122. The summed E-state index contributed by atoms with van der Waals surface area (Å²) < 4.78 is 12.6. The van der Waals surface area contributed by atoms with Gasteiger partial charge < -0.3 is 9.16 Å². The van der Waals surface area contributed by atoms with Crippen molar-refractivity contribution >= 4 is 8.32 Å². The Kier molecular flexibility index (Phi) is 5.19. The van der Waals surface area contributed by atoms with Gasteiger partial charge in [0.05, 0.1) is 19.0 Å². The van der Waals surface area contributed by atoms with Crippen molar-refractivity contribution in [1.29, 1.82) is 0 Å². The van der Waals surface area contributed by atoms with E-state index in [4.69, 9.17) is 9.16 Å². The van der Waals surface area contributed by atoms with Crippen LogP contribution in [0.2, 0.25) is 18.1 Å². The van der Waals surface area contributed by atoms with E-state index in [0.717, 1.165) is 30.6 Å². The first-order valence-electron chi connectivity index (χ1n) is 11.7. The van der Waals surface area contributed by atoms with E-state index in [1.54, 1.807) is 11.1 Å². The Morgan fingerprint density at radius 2 is 1.86 bits per heavy atom. The molecular formula is C25H42O2Si. The number of fused-ring (bicyclic) bond motifs is 4. The van der Waals surface area contributed by atoms with Gasteiger partial charge in [-0.3, -0.25) is 0 Å². The highest BCUT2D eigenvalue weighted by molar-refractivity contribution is 6.74. The Morgan fingerprint density at radius 1 is 1.11 bits per heavy atom. The van der Waals surface area contributed by atoms with E-state index in [-0.39, 0.29) is 0 Å². The summed E-state index contributed by atoms with van der Waals surface area (Å²) in [5, 5.41) is 0.302. The normalized spacial score (nSPS) is 38.5. The molecular weight excluding hydrogens is 360 g/mol. The molecule has 158 valence electrons. The molecule has 2 saturated carbocycles. The van der Waals surface area contributed by atoms with Crippen molar-refractivity contribution in [3.8, 4) is 0 Å². The zero-order valence-electron chi connectivity index (χ0n) is 19.4. The minimum atomic E-state index is -1.71. The summed E-state index contributed by atoms with van der Waals surface area (Å²) in [5.74, 6) is 3.79. The summed E-state index contributed by atoms with van der Waals surface area (Å²) in [6.07, 6.45) is 13.2. The molecule has 0 amide bonds. The topological polar surface area (TPSA) is 18.5 Å². The van der Waals surface area contributed by atoms with Gasteiger partial charge in [0.2, 0.25) is 0 Å². The van der Waals surface area contributed by atoms with E-state index >= 15 is 0 Å². The molecule has 0 aromatic carbocycles.